The first-order chi connectivity index (χ1) is 7.31. The van der Waals surface area contributed by atoms with E-state index < -0.39 is 0 Å². The van der Waals surface area contributed by atoms with Gasteiger partial charge in [0.15, 0.2) is 0 Å². The molecule has 1 atom stereocenters. The maximum atomic E-state index is 5.89. The topological polar surface area (TPSA) is 21.3 Å². The molecule has 0 spiro atoms. The lowest BCUT2D eigenvalue weighted by atomic mass is 9.73. The van der Waals surface area contributed by atoms with Gasteiger partial charge in [-0.2, -0.15) is 0 Å². The molecule has 0 fully saturated rings. The van der Waals surface area contributed by atoms with Gasteiger partial charge in [-0.25, -0.2) is 0 Å². The lowest BCUT2D eigenvalue weighted by Crippen LogP contribution is -2.44. The molecule has 1 aliphatic heterocycles. The van der Waals surface area contributed by atoms with Gasteiger partial charge in [0.1, 0.15) is 5.75 Å². The fourth-order valence-electron chi connectivity index (χ4n) is 2.03. The molecule has 0 aromatic heterocycles. The molecule has 0 amide bonds. The van der Waals surface area contributed by atoms with Crippen molar-refractivity contribution in [2.24, 2.45) is 0 Å². The number of unbranched alkanes of at least 4 members (excludes halogenated alkanes) is 1. The monoisotopic (exact) mass is 203 g/mol. The second kappa shape index (κ2) is 4.71. The molecule has 0 saturated carbocycles. The van der Waals surface area contributed by atoms with Crippen LogP contribution in [0.3, 0.4) is 0 Å². The first-order valence-corrected chi connectivity index (χ1v) is 5.83. The molecule has 0 bridgehead atoms. The molecule has 1 N–H and O–H groups in total. The minimum absolute atomic E-state index is 0.190. The standard InChI is InChI=1S/C12H18BNO/c1-3-4-9-13-14-10(2)11-7-5-6-8-12(11)15-13/h5-8,10,14H,3-4,9H2,1-2H3. The van der Waals surface area contributed by atoms with Crippen molar-refractivity contribution < 1.29 is 4.65 Å². The van der Waals surface area contributed by atoms with E-state index in [9.17, 15) is 0 Å². The lowest BCUT2D eigenvalue weighted by molar-refractivity contribution is 0.475. The van der Waals surface area contributed by atoms with Crippen molar-refractivity contribution in [3.63, 3.8) is 0 Å². The molecule has 0 saturated heterocycles. The summed E-state index contributed by atoms with van der Waals surface area (Å²) in [7, 11) is 0.190. The maximum absolute atomic E-state index is 5.89. The quantitative estimate of drug-likeness (QED) is 0.762. The summed E-state index contributed by atoms with van der Waals surface area (Å²) in [6, 6.07) is 8.69. The van der Waals surface area contributed by atoms with Crippen LogP contribution in [0.4, 0.5) is 0 Å². The van der Waals surface area contributed by atoms with E-state index in [2.05, 4.69) is 37.3 Å². The fourth-order valence-corrected chi connectivity index (χ4v) is 2.03. The van der Waals surface area contributed by atoms with Crippen molar-refractivity contribution in [2.75, 3.05) is 0 Å². The summed E-state index contributed by atoms with van der Waals surface area (Å²) in [5.74, 6) is 1.05. The molecule has 80 valence electrons. The predicted octanol–water partition coefficient (Wildman–Crippen LogP) is 3.02. The second-order valence-electron chi connectivity index (χ2n) is 4.17. The Morgan fingerprint density at radius 3 is 3.00 bits per heavy atom. The summed E-state index contributed by atoms with van der Waals surface area (Å²) < 4.78 is 5.89. The summed E-state index contributed by atoms with van der Waals surface area (Å²) >= 11 is 0. The largest absolute Gasteiger partial charge is 0.546 e. The van der Waals surface area contributed by atoms with Crippen LogP contribution in [-0.2, 0) is 0 Å². The third kappa shape index (κ3) is 2.35. The van der Waals surface area contributed by atoms with Gasteiger partial charge < -0.3 is 9.88 Å². The van der Waals surface area contributed by atoms with E-state index in [1.807, 2.05) is 6.07 Å². The van der Waals surface area contributed by atoms with Crippen LogP contribution in [0.2, 0.25) is 6.32 Å². The SMILES string of the molecule is CCCCB1NC(C)c2ccccc2O1. The highest BCUT2D eigenvalue weighted by Gasteiger charge is 2.27. The Morgan fingerprint density at radius 2 is 2.20 bits per heavy atom. The number of para-hydroxylation sites is 1. The van der Waals surface area contributed by atoms with Gasteiger partial charge in [-0.1, -0.05) is 38.0 Å². The fraction of sp³-hybridized carbons (Fsp3) is 0.500. The van der Waals surface area contributed by atoms with Gasteiger partial charge in [-0.3, -0.25) is 0 Å². The van der Waals surface area contributed by atoms with E-state index in [4.69, 9.17) is 4.65 Å². The third-order valence-electron chi connectivity index (χ3n) is 2.91. The van der Waals surface area contributed by atoms with Crippen LogP contribution in [0, 0.1) is 0 Å². The Labute approximate surface area is 92.2 Å². The highest BCUT2D eigenvalue weighted by Crippen LogP contribution is 2.29. The predicted molar refractivity (Wildman–Crippen MR) is 64.1 cm³/mol. The molecular weight excluding hydrogens is 185 g/mol. The molecular formula is C12H18BNO. The molecule has 15 heavy (non-hydrogen) atoms. The van der Waals surface area contributed by atoms with Crippen molar-refractivity contribution in [3.05, 3.63) is 29.8 Å². The molecule has 2 nitrogen and oxygen atoms in total. The van der Waals surface area contributed by atoms with Crippen molar-refractivity contribution in [3.8, 4) is 5.75 Å². The molecule has 0 aliphatic carbocycles. The van der Waals surface area contributed by atoms with Gasteiger partial charge in [0, 0.05) is 11.6 Å². The molecule has 1 aromatic carbocycles. The second-order valence-corrected chi connectivity index (χ2v) is 4.17. The summed E-state index contributed by atoms with van der Waals surface area (Å²) in [5.41, 5.74) is 1.27. The lowest BCUT2D eigenvalue weighted by Gasteiger charge is -2.29. The number of nitrogens with one attached hydrogen (secondary N) is 1. The van der Waals surface area contributed by atoms with E-state index >= 15 is 0 Å². The molecule has 1 heterocycles. The summed E-state index contributed by atoms with van der Waals surface area (Å²) in [6.07, 6.45) is 3.53. The first kappa shape index (κ1) is 10.6. The van der Waals surface area contributed by atoms with Gasteiger partial charge >= 0.3 is 7.05 Å². The Morgan fingerprint density at radius 1 is 1.40 bits per heavy atom. The van der Waals surface area contributed by atoms with E-state index in [1.165, 1.54) is 18.4 Å². The zero-order chi connectivity index (χ0) is 10.7. The minimum atomic E-state index is 0.190. The number of benzene rings is 1. The van der Waals surface area contributed by atoms with Crippen molar-refractivity contribution in [2.45, 2.75) is 39.1 Å². The Balaban J connectivity index is 2.08. The van der Waals surface area contributed by atoms with Crippen LogP contribution in [0.1, 0.15) is 38.3 Å². The first-order valence-electron chi connectivity index (χ1n) is 5.83. The highest BCUT2D eigenvalue weighted by molar-refractivity contribution is 6.50. The van der Waals surface area contributed by atoms with Crippen LogP contribution >= 0.6 is 0 Å². The number of hydrogen-bond acceptors (Lipinski definition) is 2. The normalized spacial score (nSPS) is 19.6. The van der Waals surface area contributed by atoms with Gasteiger partial charge in [-0.15, -0.1) is 0 Å². The van der Waals surface area contributed by atoms with Crippen molar-refractivity contribution >= 4 is 7.05 Å². The zero-order valence-electron chi connectivity index (χ0n) is 9.49. The number of fused-ring (bicyclic) bond motifs is 1. The average Bonchev–Trinajstić information content (AvgIpc) is 2.26. The number of hydrogen-bond donors (Lipinski definition) is 1. The van der Waals surface area contributed by atoms with E-state index in [0.717, 1.165) is 12.1 Å². The van der Waals surface area contributed by atoms with Crippen LogP contribution in [-0.4, -0.2) is 7.05 Å². The van der Waals surface area contributed by atoms with Crippen molar-refractivity contribution in [1.82, 2.24) is 5.23 Å². The summed E-state index contributed by atoms with van der Waals surface area (Å²) in [5, 5.41) is 3.49. The Hall–Kier alpha value is -0.955. The van der Waals surface area contributed by atoms with Crippen LogP contribution in [0.15, 0.2) is 24.3 Å². The number of rotatable bonds is 3. The van der Waals surface area contributed by atoms with Gasteiger partial charge in [0.2, 0.25) is 0 Å². The Bertz CT molecular complexity index is 329. The van der Waals surface area contributed by atoms with Crippen LogP contribution in [0.5, 0.6) is 5.75 Å². The molecule has 0 radical (unpaired) electrons. The van der Waals surface area contributed by atoms with E-state index in [0.29, 0.717) is 6.04 Å². The zero-order valence-corrected chi connectivity index (χ0v) is 9.49. The van der Waals surface area contributed by atoms with E-state index in [1.54, 1.807) is 0 Å². The van der Waals surface area contributed by atoms with Crippen molar-refractivity contribution in [1.29, 1.82) is 0 Å². The summed E-state index contributed by atoms with van der Waals surface area (Å²) in [6.45, 7) is 4.40. The summed E-state index contributed by atoms with van der Waals surface area (Å²) in [4.78, 5) is 0. The molecule has 1 aliphatic rings. The smallest absolute Gasteiger partial charge is 0.446 e. The molecule has 1 aromatic rings. The Kier molecular flexibility index (Phi) is 3.32. The van der Waals surface area contributed by atoms with Gasteiger partial charge in [0.05, 0.1) is 0 Å². The third-order valence-corrected chi connectivity index (χ3v) is 2.91. The minimum Gasteiger partial charge on any atom is -0.546 e. The van der Waals surface area contributed by atoms with Crippen LogP contribution in [0.25, 0.3) is 0 Å². The molecule has 2 rings (SSSR count). The van der Waals surface area contributed by atoms with Gasteiger partial charge in [-0.05, 0) is 19.3 Å². The van der Waals surface area contributed by atoms with Crippen LogP contribution < -0.4 is 9.88 Å². The average molecular weight is 203 g/mol. The highest BCUT2D eigenvalue weighted by atomic mass is 16.4. The maximum Gasteiger partial charge on any atom is 0.446 e. The van der Waals surface area contributed by atoms with E-state index in [-0.39, 0.29) is 7.05 Å². The molecule has 1 unspecified atom stereocenters. The molecule has 3 heteroatoms. The van der Waals surface area contributed by atoms with Gasteiger partial charge in [0.25, 0.3) is 0 Å².